The van der Waals surface area contributed by atoms with Gasteiger partial charge < -0.3 is 5.11 Å². The Morgan fingerprint density at radius 1 is 0.963 bits per heavy atom. The van der Waals surface area contributed by atoms with Crippen molar-refractivity contribution >= 4 is 10.0 Å². The Morgan fingerprint density at radius 2 is 1.59 bits per heavy atom. The van der Waals surface area contributed by atoms with Gasteiger partial charge in [0.25, 0.3) is 0 Å². The van der Waals surface area contributed by atoms with Gasteiger partial charge in [-0.2, -0.15) is 4.31 Å². The van der Waals surface area contributed by atoms with Crippen molar-refractivity contribution in [3.05, 3.63) is 0 Å². The van der Waals surface area contributed by atoms with Crippen molar-refractivity contribution in [2.24, 2.45) is 11.3 Å². The number of piperidine rings is 1. The first kappa shape index (κ1) is 21.5. The SMILES string of the molecule is CC(C)(C)C1CCC(O)(CN2CCC[C@@H]3[C@H]2CCCCN3S(C)(=O)=O)CC1. The number of fused-ring (bicyclic) bond motifs is 1. The number of hydrogen-bond donors (Lipinski definition) is 1. The summed E-state index contributed by atoms with van der Waals surface area (Å²) in [6.07, 6.45) is 10.4. The van der Waals surface area contributed by atoms with E-state index in [1.165, 1.54) is 6.26 Å². The molecule has 1 N–H and O–H groups in total. The highest BCUT2D eigenvalue weighted by molar-refractivity contribution is 7.88. The molecule has 3 fully saturated rings. The minimum absolute atomic E-state index is 0.0887. The standard InChI is InChI=1S/C21H40N2O3S/c1-20(2,3)17-10-12-21(24,13-11-17)16-22-14-7-9-19-18(22)8-5-6-15-23(19)27(4,25)26/h17-19,24H,5-16H2,1-4H3/t17?,18-,19-,21?/m1/s1. The lowest BCUT2D eigenvalue weighted by Gasteiger charge is -2.48. The smallest absolute Gasteiger partial charge is 0.211 e. The lowest BCUT2D eigenvalue weighted by molar-refractivity contribution is -0.0672. The van der Waals surface area contributed by atoms with E-state index < -0.39 is 15.6 Å². The molecule has 0 amide bonds. The predicted octanol–water partition coefficient (Wildman–Crippen LogP) is 3.23. The molecular weight excluding hydrogens is 360 g/mol. The zero-order chi connectivity index (χ0) is 19.9. The summed E-state index contributed by atoms with van der Waals surface area (Å²) in [6, 6.07) is 0.353. The third-order valence-electron chi connectivity index (χ3n) is 7.42. The molecule has 3 rings (SSSR count). The third kappa shape index (κ3) is 5.06. The topological polar surface area (TPSA) is 60.9 Å². The molecule has 158 valence electrons. The van der Waals surface area contributed by atoms with Gasteiger partial charge in [0.05, 0.1) is 11.9 Å². The average molecular weight is 401 g/mol. The number of rotatable bonds is 3. The van der Waals surface area contributed by atoms with E-state index in [4.69, 9.17) is 0 Å². The van der Waals surface area contributed by atoms with Gasteiger partial charge in [-0.1, -0.05) is 27.2 Å². The fourth-order valence-corrected chi connectivity index (χ4v) is 6.97. The second kappa shape index (κ2) is 7.92. The van der Waals surface area contributed by atoms with Crippen molar-refractivity contribution in [1.82, 2.24) is 9.21 Å². The summed E-state index contributed by atoms with van der Waals surface area (Å²) in [5.74, 6) is 0.686. The van der Waals surface area contributed by atoms with Gasteiger partial charge in [0.15, 0.2) is 0 Å². The van der Waals surface area contributed by atoms with Crippen molar-refractivity contribution in [2.45, 2.75) is 96.2 Å². The quantitative estimate of drug-likeness (QED) is 0.790. The molecule has 27 heavy (non-hydrogen) atoms. The van der Waals surface area contributed by atoms with Crippen LogP contribution < -0.4 is 0 Å². The van der Waals surface area contributed by atoms with Crippen LogP contribution in [0.25, 0.3) is 0 Å². The molecule has 6 heteroatoms. The Hall–Kier alpha value is -0.170. The normalized spacial score (nSPS) is 37.6. The van der Waals surface area contributed by atoms with E-state index in [1.54, 1.807) is 4.31 Å². The number of β-amino-alcohol motifs (C(OH)–C–C–N with tert-alkyl or cyclic N) is 1. The Kier molecular flexibility index (Phi) is 6.32. The Bertz CT molecular complexity index is 605. The predicted molar refractivity (Wildman–Crippen MR) is 110 cm³/mol. The van der Waals surface area contributed by atoms with E-state index in [2.05, 4.69) is 25.7 Å². The molecule has 2 heterocycles. The van der Waals surface area contributed by atoms with Gasteiger partial charge in [-0.05, 0) is 69.2 Å². The lowest BCUT2D eigenvalue weighted by Crippen LogP contribution is -2.59. The lowest BCUT2D eigenvalue weighted by atomic mass is 9.68. The van der Waals surface area contributed by atoms with Gasteiger partial charge in [-0.15, -0.1) is 0 Å². The Labute approximate surface area is 166 Å². The summed E-state index contributed by atoms with van der Waals surface area (Å²) in [5, 5.41) is 11.3. The number of sulfonamides is 1. The maximum absolute atomic E-state index is 12.3. The largest absolute Gasteiger partial charge is 0.389 e. The molecule has 0 bridgehead atoms. The molecule has 0 unspecified atom stereocenters. The summed E-state index contributed by atoms with van der Waals surface area (Å²) in [6.45, 7) is 9.28. The van der Waals surface area contributed by atoms with Crippen LogP contribution in [0.4, 0.5) is 0 Å². The maximum Gasteiger partial charge on any atom is 0.211 e. The minimum atomic E-state index is -3.17. The van der Waals surface area contributed by atoms with E-state index >= 15 is 0 Å². The van der Waals surface area contributed by atoms with Crippen LogP contribution in [0.1, 0.15) is 78.6 Å². The highest BCUT2D eigenvalue weighted by Gasteiger charge is 2.44. The van der Waals surface area contributed by atoms with Crippen LogP contribution in [0.5, 0.6) is 0 Å². The van der Waals surface area contributed by atoms with Crippen LogP contribution in [0.3, 0.4) is 0 Å². The molecule has 0 aromatic heterocycles. The van der Waals surface area contributed by atoms with Crippen LogP contribution in [0.2, 0.25) is 0 Å². The van der Waals surface area contributed by atoms with Gasteiger partial charge in [-0.25, -0.2) is 8.42 Å². The molecular formula is C21H40N2O3S. The summed E-state index contributed by atoms with van der Waals surface area (Å²) >= 11 is 0. The number of hydrogen-bond acceptors (Lipinski definition) is 4. The van der Waals surface area contributed by atoms with Crippen LogP contribution in [-0.2, 0) is 10.0 Å². The molecule has 1 aliphatic carbocycles. The molecule has 0 spiro atoms. The van der Waals surface area contributed by atoms with Crippen LogP contribution >= 0.6 is 0 Å². The third-order valence-corrected chi connectivity index (χ3v) is 8.73. The highest BCUT2D eigenvalue weighted by Crippen LogP contribution is 2.42. The van der Waals surface area contributed by atoms with Crippen molar-refractivity contribution in [3.63, 3.8) is 0 Å². The van der Waals surface area contributed by atoms with Gasteiger partial charge in [0.1, 0.15) is 0 Å². The first-order chi connectivity index (χ1) is 12.5. The van der Waals surface area contributed by atoms with Crippen molar-refractivity contribution in [3.8, 4) is 0 Å². The molecule has 2 atom stereocenters. The monoisotopic (exact) mass is 400 g/mol. The van der Waals surface area contributed by atoms with Gasteiger partial charge in [0, 0.05) is 25.2 Å². The number of aliphatic hydroxyl groups is 1. The molecule has 1 saturated carbocycles. The molecule has 2 saturated heterocycles. The average Bonchev–Trinajstić information content (AvgIpc) is 2.77. The minimum Gasteiger partial charge on any atom is -0.389 e. The first-order valence-corrected chi connectivity index (χ1v) is 12.8. The molecule has 5 nitrogen and oxygen atoms in total. The van der Waals surface area contributed by atoms with Gasteiger partial charge >= 0.3 is 0 Å². The van der Waals surface area contributed by atoms with Gasteiger partial charge in [-0.3, -0.25) is 4.90 Å². The second-order valence-electron chi connectivity index (χ2n) is 10.5. The molecule has 3 aliphatic rings. The van der Waals surface area contributed by atoms with Crippen LogP contribution in [-0.4, -0.2) is 66.3 Å². The van der Waals surface area contributed by atoms with Crippen LogP contribution in [0.15, 0.2) is 0 Å². The van der Waals surface area contributed by atoms with E-state index in [1.807, 2.05) is 0 Å². The summed E-state index contributed by atoms with van der Waals surface area (Å²) in [7, 11) is -3.17. The first-order valence-electron chi connectivity index (χ1n) is 10.9. The number of nitrogens with zero attached hydrogens (tertiary/aromatic N) is 2. The zero-order valence-corrected chi connectivity index (χ0v) is 18.6. The van der Waals surface area contributed by atoms with E-state index in [0.29, 0.717) is 24.4 Å². The fraction of sp³-hybridized carbons (Fsp3) is 1.00. The summed E-state index contributed by atoms with van der Waals surface area (Å²) in [5.41, 5.74) is -0.291. The summed E-state index contributed by atoms with van der Waals surface area (Å²) < 4.78 is 26.4. The maximum atomic E-state index is 12.3. The molecule has 0 radical (unpaired) electrons. The molecule has 0 aromatic carbocycles. The Morgan fingerprint density at radius 3 is 2.19 bits per heavy atom. The number of likely N-dealkylation sites (tertiary alicyclic amines) is 1. The summed E-state index contributed by atoms with van der Waals surface area (Å²) in [4.78, 5) is 2.44. The van der Waals surface area contributed by atoms with E-state index in [0.717, 1.165) is 64.3 Å². The zero-order valence-electron chi connectivity index (χ0n) is 17.8. The Balaban J connectivity index is 1.70. The highest BCUT2D eigenvalue weighted by atomic mass is 32.2. The van der Waals surface area contributed by atoms with Crippen molar-refractivity contribution < 1.29 is 13.5 Å². The van der Waals surface area contributed by atoms with Gasteiger partial charge in [0.2, 0.25) is 10.0 Å². The molecule has 2 aliphatic heterocycles. The van der Waals surface area contributed by atoms with Crippen molar-refractivity contribution in [2.75, 3.05) is 25.9 Å². The second-order valence-corrected chi connectivity index (χ2v) is 12.4. The molecule has 0 aromatic rings. The van der Waals surface area contributed by atoms with Crippen molar-refractivity contribution in [1.29, 1.82) is 0 Å². The van der Waals surface area contributed by atoms with E-state index in [-0.39, 0.29) is 12.1 Å². The fourth-order valence-electron chi connectivity index (χ4n) is 5.77. The van der Waals surface area contributed by atoms with Crippen LogP contribution in [0, 0.1) is 11.3 Å². The van der Waals surface area contributed by atoms with E-state index in [9.17, 15) is 13.5 Å².